The van der Waals surface area contributed by atoms with Crippen molar-refractivity contribution in [2.45, 2.75) is 39.0 Å². The Balaban J connectivity index is 2.40. The molecular formula is C14H20N2O. The standard InChI is InChI=1S/C14H20N2O/c1-3-11-12-8-9(2)7-10(5-4-6-15)13(12)16-14(11)17/h7-8,11H,3-6,15H2,1-2H3,(H,16,17). The van der Waals surface area contributed by atoms with Crippen LogP contribution in [-0.4, -0.2) is 12.5 Å². The zero-order valence-corrected chi connectivity index (χ0v) is 10.5. The minimum atomic E-state index is 0.0292. The molecule has 17 heavy (non-hydrogen) atoms. The molecule has 0 saturated carbocycles. The van der Waals surface area contributed by atoms with Crippen LogP contribution >= 0.6 is 0 Å². The topological polar surface area (TPSA) is 55.1 Å². The van der Waals surface area contributed by atoms with Crippen molar-refractivity contribution >= 4 is 11.6 Å². The molecule has 1 amide bonds. The fourth-order valence-electron chi connectivity index (χ4n) is 2.57. The van der Waals surface area contributed by atoms with Crippen molar-refractivity contribution < 1.29 is 4.79 Å². The number of hydrogen-bond donors (Lipinski definition) is 2. The summed E-state index contributed by atoms with van der Waals surface area (Å²) in [6.45, 7) is 4.83. The fourth-order valence-corrected chi connectivity index (χ4v) is 2.57. The Kier molecular flexibility index (Phi) is 3.48. The first-order valence-corrected chi connectivity index (χ1v) is 6.31. The zero-order valence-electron chi connectivity index (χ0n) is 10.5. The number of amides is 1. The Bertz CT molecular complexity index is 440. The van der Waals surface area contributed by atoms with Gasteiger partial charge in [0.2, 0.25) is 5.91 Å². The normalized spacial score (nSPS) is 18.1. The Morgan fingerprint density at radius 3 is 2.82 bits per heavy atom. The number of nitrogens with two attached hydrogens (primary N) is 1. The van der Waals surface area contributed by atoms with Gasteiger partial charge in [0, 0.05) is 5.69 Å². The van der Waals surface area contributed by atoms with E-state index in [-0.39, 0.29) is 11.8 Å². The first kappa shape index (κ1) is 12.1. The smallest absolute Gasteiger partial charge is 0.232 e. The lowest BCUT2D eigenvalue weighted by Gasteiger charge is -2.10. The summed E-state index contributed by atoms with van der Waals surface area (Å²) in [6, 6.07) is 4.29. The lowest BCUT2D eigenvalue weighted by molar-refractivity contribution is -0.117. The number of nitrogens with one attached hydrogen (secondary N) is 1. The van der Waals surface area contributed by atoms with Gasteiger partial charge in [-0.15, -0.1) is 0 Å². The summed E-state index contributed by atoms with van der Waals surface area (Å²) in [4.78, 5) is 11.9. The van der Waals surface area contributed by atoms with E-state index in [0.717, 1.165) is 24.9 Å². The van der Waals surface area contributed by atoms with Crippen LogP contribution in [0.5, 0.6) is 0 Å². The maximum atomic E-state index is 11.9. The maximum absolute atomic E-state index is 11.9. The van der Waals surface area contributed by atoms with Crippen LogP contribution in [0.3, 0.4) is 0 Å². The SMILES string of the molecule is CCC1C(=O)Nc2c(CCCN)cc(C)cc21. The van der Waals surface area contributed by atoms with Crippen LogP contribution in [0.15, 0.2) is 12.1 Å². The lowest BCUT2D eigenvalue weighted by atomic mass is 9.93. The third kappa shape index (κ3) is 2.20. The first-order chi connectivity index (χ1) is 8.17. The average Bonchev–Trinajstić information content (AvgIpc) is 2.61. The van der Waals surface area contributed by atoms with Crippen LogP contribution in [0.1, 0.15) is 42.4 Å². The van der Waals surface area contributed by atoms with Gasteiger partial charge in [-0.25, -0.2) is 0 Å². The highest BCUT2D eigenvalue weighted by Gasteiger charge is 2.30. The van der Waals surface area contributed by atoms with Gasteiger partial charge in [-0.1, -0.05) is 24.6 Å². The van der Waals surface area contributed by atoms with Gasteiger partial charge in [-0.3, -0.25) is 4.79 Å². The zero-order chi connectivity index (χ0) is 12.4. The molecule has 2 rings (SSSR count). The summed E-state index contributed by atoms with van der Waals surface area (Å²) in [5.41, 5.74) is 10.2. The van der Waals surface area contributed by atoms with Gasteiger partial charge in [0.15, 0.2) is 0 Å². The van der Waals surface area contributed by atoms with E-state index in [0.29, 0.717) is 6.54 Å². The van der Waals surface area contributed by atoms with Crippen molar-refractivity contribution in [3.8, 4) is 0 Å². The summed E-state index contributed by atoms with van der Waals surface area (Å²) >= 11 is 0. The van der Waals surface area contributed by atoms with Gasteiger partial charge >= 0.3 is 0 Å². The summed E-state index contributed by atoms with van der Waals surface area (Å²) in [5, 5.41) is 3.02. The molecule has 0 radical (unpaired) electrons. The van der Waals surface area contributed by atoms with E-state index in [1.165, 1.54) is 16.7 Å². The van der Waals surface area contributed by atoms with Crippen molar-refractivity contribution in [3.05, 3.63) is 28.8 Å². The molecule has 1 aliphatic rings. The molecule has 1 aromatic carbocycles. The quantitative estimate of drug-likeness (QED) is 0.837. The minimum Gasteiger partial charge on any atom is -0.330 e. The van der Waals surface area contributed by atoms with Crippen LogP contribution in [0.4, 0.5) is 5.69 Å². The number of rotatable bonds is 4. The van der Waals surface area contributed by atoms with E-state index in [4.69, 9.17) is 5.73 Å². The molecule has 1 aromatic rings. The Labute approximate surface area is 102 Å². The van der Waals surface area contributed by atoms with Crippen LogP contribution in [0.2, 0.25) is 0 Å². The second-order valence-corrected chi connectivity index (χ2v) is 4.73. The lowest BCUT2D eigenvalue weighted by Crippen LogP contribution is -2.11. The predicted molar refractivity (Wildman–Crippen MR) is 70.2 cm³/mol. The van der Waals surface area contributed by atoms with Crippen LogP contribution < -0.4 is 11.1 Å². The van der Waals surface area contributed by atoms with Crippen molar-refractivity contribution in [1.82, 2.24) is 0 Å². The molecule has 3 heteroatoms. The predicted octanol–water partition coefficient (Wildman–Crippen LogP) is 2.33. The summed E-state index contributed by atoms with van der Waals surface area (Å²) in [5.74, 6) is 0.170. The number of benzene rings is 1. The number of fused-ring (bicyclic) bond motifs is 1. The van der Waals surface area contributed by atoms with E-state index in [1.807, 2.05) is 0 Å². The number of carbonyl (C=O) groups is 1. The molecule has 1 heterocycles. The van der Waals surface area contributed by atoms with Gasteiger partial charge in [0.25, 0.3) is 0 Å². The van der Waals surface area contributed by atoms with E-state index in [1.54, 1.807) is 0 Å². The van der Waals surface area contributed by atoms with Crippen LogP contribution in [0.25, 0.3) is 0 Å². The van der Waals surface area contributed by atoms with E-state index >= 15 is 0 Å². The second kappa shape index (κ2) is 4.88. The van der Waals surface area contributed by atoms with Gasteiger partial charge in [-0.05, 0) is 43.9 Å². The molecule has 0 saturated heterocycles. The monoisotopic (exact) mass is 232 g/mol. The van der Waals surface area contributed by atoms with Crippen molar-refractivity contribution in [2.75, 3.05) is 11.9 Å². The number of carbonyl (C=O) groups excluding carboxylic acids is 1. The van der Waals surface area contributed by atoms with Gasteiger partial charge < -0.3 is 11.1 Å². The molecule has 3 nitrogen and oxygen atoms in total. The number of anilines is 1. The van der Waals surface area contributed by atoms with Crippen LogP contribution in [0, 0.1) is 6.92 Å². The summed E-state index contributed by atoms with van der Waals surface area (Å²) < 4.78 is 0. The molecule has 92 valence electrons. The average molecular weight is 232 g/mol. The number of hydrogen-bond acceptors (Lipinski definition) is 2. The second-order valence-electron chi connectivity index (χ2n) is 4.73. The first-order valence-electron chi connectivity index (χ1n) is 6.31. The minimum absolute atomic E-state index is 0.0292. The summed E-state index contributed by atoms with van der Waals surface area (Å²) in [6.07, 6.45) is 2.76. The molecule has 0 aromatic heterocycles. The highest BCUT2D eigenvalue weighted by atomic mass is 16.2. The number of aryl methyl sites for hydroxylation is 2. The third-order valence-corrected chi connectivity index (χ3v) is 3.39. The maximum Gasteiger partial charge on any atom is 0.232 e. The Hall–Kier alpha value is -1.35. The molecule has 0 aliphatic carbocycles. The van der Waals surface area contributed by atoms with Crippen molar-refractivity contribution in [1.29, 1.82) is 0 Å². The van der Waals surface area contributed by atoms with E-state index < -0.39 is 0 Å². The molecule has 3 N–H and O–H groups in total. The van der Waals surface area contributed by atoms with Gasteiger partial charge in [0.1, 0.15) is 0 Å². The van der Waals surface area contributed by atoms with Gasteiger partial charge in [-0.2, -0.15) is 0 Å². The highest BCUT2D eigenvalue weighted by molar-refractivity contribution is 6.03. The molecule has 1 aliphatic heterocycles. The highest BCUT2D eigenvalue weighted by Crippen LogP contribution is 2.38. The molecule has 0 spiro atoms. The van der Waals surface area contributed by atoms with Crippen molar-refractivity contribution in [3.63, 3.8) is 0 Å². The third-order valence-electron chi connectivity index (χ3n) is 3.39. The molecule has 1 unspecified atom stereocenters. The molecule has 0 bridgehead atoms. The van der Waals surface area contributed by atoms with E-state index in [2.05, 4.69) is 31.3 Å². The van der Waals surface area contributed by atoms with Gasteiger partial charge in [0.05, 0.1) is 5.92 Å². The molecule has 1 atom stereocenters. The fraction of sp³-hybridized carbons (Fsp3) is 0.500. The Morgan fingerprint density at radius 2 is 2.18 bits per heavy atom. The van der Waals surface area contributed by atoms with Crippen LogP contribution in [-0.2, 0) is 11.2 Å². The summed E-state index contributed by atoms with van der Waals surface area (Å²) in [7, 11) is 0. The van der Waals surface area contributed by atoms with Crippen molar-refractivity contribution in [2.24, 2.45) is 5.73 Å². The Morgan fingerprint density at radius 1 is 1.41 bits per heavy atom. The largest absolute Gasteiger partial charge is 0.330 e. The molecule has 0 fully saturated rings. The molecular weight excluding hydrogens is 212 g/mol. The van der Waals surface area contributed by atoms with E-state index in [9.17, 15) is 4.79 Å².